The molecule has 1 aliphatic heterocycles. The van der Waals surface area contributed by atoms with Crippen molar-refractivity contribution in [3.8, 4) is 5.75 Å². The summed E-state index contributed by atoms with van der Waals surface area (Å²) >= 11 is 0. The minimum atomic E-state index is -1.01. The van der Waals surface area contributed by atoms with Crippen LogP contribution in [0.4, 0.5) is 10.1 Å². The molecule has 1 amide bonds. The highest BCUT2D eigenvalue weighted by atomic mass is 19.1. The molecule has 0 aliphatic carbocycles. The smallest absolute Gasteiger partial charge is 0.271 e. The Morgan fingerprint density at radius 3 is 2.64 bits per heavy atom. The van der Waals surface area contributed by atoms with Gasteiger partial charge in [0.2, 0.25) is 0 Å². The highest BCUT2D eigenvalue weighted by Gasteiger charge is 2.41. The van der Waals surface area contributed by atoms with Gasteiger partial charge in [0, 0.05) is 11.6 Å². The lowest BCUT2D eigenvalue weighted by Gasteiger charge is -2.39. The van der Waals surface area contributed by atoms with Gasteiger partial charge >= 0.3 is 0 Å². The molecule has 1 heterocycles. The van der Waals surface area contributed by atoms with Gasteiger partial charge in [0.15, 0.2) is 5.60 Å². The predicted molar refractivity (Wildman–Crippen MR) is 96.0 cm³/mol. The largest absolute Gasteiger partial charge is 0.476 e. The number of anilines is 1. The maximum Gasteiger partial charge on any atom is 0.271 e. The summed E-state index contributed by atoms with van der Waals surface area (Å²) in [4.78, 5) is 14.5. The number of rotatable bonds is 4. The van der Waals surface area contributed by atoms with Crippen LogP contribution in [0, 0.1) is 5.82 Å². The van der Waals surface area contributed by atoms with Crippen molar-refractivity contribution in [2.45, 2.75) is 45.4 Å². The Bertz CT molecular complexity index is 804. The summed E-state index contributed by atoms with van der Waals surface area (Å²) in [6.07, 6.45) is 0.784. The zero-order valence-electron chi connectivity index (χ0n) is 14.8. The fourth-order valence-corrected chi connectivity index (χ4v) is 3.00. The molecule has 132 valence electrons. The van der Waals surface area contributed by atoms with Crippen LogP contribution in [0.25, 0.3) is 0 Å². The summed E-state index contributed by atoms with van der Waals surface area (Å²) in [5, 5.41) is 0. The maximum atomic E-state index is 14.1. The number of nitrogens with zero attached hydrogens (tertiary/aromatic N) is 1. The van der Waals surface area contributed by atoms with Crippen molar-refractivity contribution in [2.75, 3.05) is 4.90 Å². The van der Waals surface area contributed by atoms with E-state index in [2.05, 4.69) is 0 Å². The number of ether oxygens (including phenoxy) is 1. The van der Waals surface area contributed by atoms with Crippen LogP contribution < -0.4 is 15.4 Å². The van der Waals surface area contributed by atoms with Crippen molar-refractivity contribution in [1.29, 1.82) is 0 Å². The number of fused-ring (bicyclic) bond motifs is 1. The fraction of sp³-hybridized carbons (Fsp3) is 0.350. The minimum absolute atomic E-state index is 0.120. The summed E-state index contributed by atoms with van der Waals surface area (Å²) in [5.41, 5.74) is 7.15. The van der Waals surface area contributed by atoms with Crippen molar-refractivity contribution in [3.05, 3.63) is 59.4 Å². The molecule has 0 bridgehead atoms. The van der Waals surface area contributed by atoms with Gasteiger partial charge in [-0.25, -0.2) is 4.39 Å². The van der Waals surface area contributed by atoms with Crippen LogP contribution in [0.15, 0.2) is 42.5 Å². The highest BCUT2D eigenvalue weighted by Crippen LogP contribution is 2.40. The summed E-state index contributed by atoms with van der Waals surface area (Å²) in [6.45, 7) is 5.60. The Balaban J connectivity index is 2.07. The number of nitrogens with two attached hydrogens (primary N) is 1. The average Bonchev–Trinajstić information content (AvgIpc) is 2.59. The lowest BCUT2D eigenvalue weighted by molar-refractivity contribution is -0.132. The summed E-state index contributed by atoms with van der Waals surface area (Å²) in [6, 6.07) is 12.0. The van der Waals surface area contributed by atoms with Gasteiger partial charge in [0.05, 0.1) is 12.2 Å². The van der Waals surface area contributed by atoms with Crippen molar-refractivity contribution < 1.29 is 13.9 Å². The monoisotopic (exact) mass is 342 g/mol. The molecule has 4 nitrogen and oxygen atoms in total. The first-order chi connectivity index (χ1) is 11.8. The first kappa shape index (κ1) is 17.4. The molecule has 3 rings (SSSR count). The normalized spacial score (nSPS) is 17.0. The Labute approximate surface area is 147 Å². The van der Waals surface area contributed by atoms with Gasteiger partial charge in [-0.15, -0.1) is 0 Å². The van der Waals surface area contributed by atoms with E-state index < -0.39 is 5.60 Å². The Kier molecular flexibility index (Phi) is 4.52. The minimum Gasteiger partial charge on any atom is -0.476 e. The maximum absolute atomic E-state index is 14.1. The van der Waals surface area contributed by atoms with E-state index in [1.807, 2.05) is 25.1 Å². The fourth-order valence-electron chi connectivity index (χ4n) is 3.00. The topological polar surface area (TPSA) is 55.6 Å². The molecule has 2 N–H and O–H groups in total. The van der Waals surface area contributed by atoms with Crippen molar-refractivity contribution >= 4 is 11.6 Å². The number of hydrogen-bond donors (Lipinski definition) is 1. The van der Waals surface area contributed by atoms with E-state index in [1.54, 1.807) is 36.9 Å². The second-order valence-electron chi connectivity index (χ2n) is 6.84. The molecule has 1 aliphatic rings. The predicted octanol–water partition coefficient (Wildman–Crippen LogP) is 3.94. The van der Waals surface area contributed by atoms with Crippen molar-refractivity contribution in [2.24, 2.45) is 5.73 Å². The van der Waals surface area contributed by atoms with E-state index in [9.17, 15) is 9.18 Å². The van der Waals surface area contributed by atoms with Crippen LogP contribution >= 0.6 is 0 Å². The van der Waals surface area contributed by atoms with Gasteiger partial charge in [-0.1, -0.05) is 31.2 Å². The van der Waals surface area contributed by atoms with E-state index in [0.29, 0.717) is 17.0 Å². The second-order valence-corrected chi connectivity index (χ2v) is 6.84. The number of benzene rings is 2. The molecule has 2 aromatic carbocycles. The van der Waals surface area contributed by atoms with E-state index in [4.69, 9.17) is 10.5 Å². The van der Waals surface area contributed by atoms with Crippen molar-refractivity contribution in [3.63, 3.8) is 0 Å². The van der Waals surface area contributed by atoms with Crippen LogP contribution in [0.3, 0.4) is 0 Å². The van der Waals surface area contributed by atoms with Crippen LogP contribution in [0.1, 0.15) is 44.4 Å². The number of carbonyl (C=O) groups excluding carboxylic acids is 1. The molecule has 0 fully saturated rings. The Morgan fingerprint density at radius 1 is 1.24 bits per heavy atom. The summed E-state index contributed by atoms with van der Waals surface area (Å²) in [5.74, 6) is 0.0704. The van der Waals surface area contributed by atoms with Gasteiger partial charge in [-0.05, 0) is 44.0 Å². The van der Waals surface area contributed by atoms with E-state index >= 15 is 0 Å². The zero-order valence-corrected chi connectivity index (χ0v) is 14.8. The van der Waals surface area contributed by atoms with Crippen molar-refractivity contribution in [1.82, 2.24) is 0 Å². The molecule has 2 aromatic rings. The standard InChI is InChI=1S/C20H23FN2O2/c1-4-16(22)13-9-10-18-17(11-13)23(19(24)20(2,3)25-18)12-14-7-5-6-8-15(14)21/h5-11,16H,4,12,22H2,1-3H3. The molecule has 1 unspecified atom stereocenters. The lowest BCUT2D eigenvalue weighted by Crippen LogP contribution is -2.52. The lowest BCUT2D eigenvalue weighted by atomic mass is 9.99. The van der Waals surface area contributed by atoms with Crippen LogP contribution in [0.2, 0.25) is 0 Å². The molecule has 5 heteroatoms. The Hall–Kier alpha value is -2.40. The third-order valence-electron chi connectivity index (χ3n) is 4.55. The number of hydrogen-bond acceptors (Lipinski definition) is 3. The molecular formula is C20H23FN2O2. The molecule has 0 saturated heterocycles. The Morgan fingerprint density at radius 2 is 1.96 bits per heavy atom. The first-order valence-corrected chi connectivity index (χ1v) is 8.47. The van der Waals surface area contributed by atoms with Crippen LogP contribution in [-0.4, -0.2) is 11.5 Å². The van der Waals surface area contributed by atoms with Gasteiger partial charge in [-0.2, -0.15) is 0 Å². The number of carbonyl (C=O) groups is 1. The SMILES string of the molecule is CCC(N)c1ccc2c(c1)N(Cc1ccccc1F)C(=O)C(C)(C)O2. The second kappa shape index (κ2) is 6.48. The molecule has 0 radical (unpaired) electrons. The molecule has 0 saturated carbocycles. The molecule has 1 atom stereocenters. The molecule has 25 heavy (non-hydrogen) atoms. The number of amides is 1. The summed E-state index contributed by atoms with van der Waals surface area (Å²) in [7, 11) is 0. The quantitative estimate of drug-likeness (QED) is 0.916. The summed E-state index contributed by atoms with van der Waals surface area (Å²) < 4.78 is 20.0. The van der Waals surface area contributed by atoms with E-state index in [-0.39, 0.29) is 24.3 Å². The van der Waals surface area contributed by atoms with Gasteiger partial charge in [-0.3, -0.25) is 4.79 Å². The third-order valence-corrected chi connectivity index (χ3v) is 4.55. The van der Waals surface area contributed by atoms with Gasteiger partial charge in [0.1, 0.15) is 11.6 Å². The van der Waals surface area contributed by atoms with Gasteiger partial charge < -0.3 is 15.4 Å². The number of halogens is 1. The highest BCUT2D eigenvalue weighted by molar-refractivity contribution is 6.02. The van der Waals surface area contributed by atoms with E-state index in [1.165, 1.54) is 6.07 Å². The van der Waals surface area contributed by atoms with Crippen LogP contribution in [-0.2, 0) is 11.3 Å². The third kappa shape index (κ3) is 3.24. The van der Waals surface area contributed by atoms with E-state index in [0.717, 1.165) is 12.0 Å². The molecular weight excluding hydrogens is 319 g/mol. The molecule has 0 aromatic heterocycles. The van der Waals surface area contributed by atoms with Crippen LogP contribution in [0.5, 0.6) is 5.75 Å². The molecule has 0 spiro atoms. The first-order valence-electron chi connectivity index (χ1n) is 8.47. The zero-order chi connectivity index (χ0) is 18.2. The van der Waals surface area contributed by atoms with Gasteiger partial charge in [0.25, 0.3) is 5.91 Å². The average molecular weight is 342 g/mol.